The van der Waals surface area contributed by atoms with Crippen LogP contribution in [-0.4, -0.2) is 25.7 Å². The Morgan fingerprint density at radius 1 is 1.09 bits per heavy atom. The number of benzene rings is 2. The van der Waals surface area contributed by atoms with Gasteiger partial charge in [-0.3, -0.25) is 4.68 Å². The zero-order valence-electron chi connectivity index (χ0n) is 18.3. The third kappa shape index (κ3) is 7.19. The van der Waals surface area contributed by atoms with Gasteiger partial charge in [0.25, 0.3) is 0 Å². The molecule has 4 rings (SSSR count). The average Bonchev–Trinajstić information content (AvgIpc) is 3.52. The van der Waals surface area contributed by atoms with Gasteiger partial charge in [0.15, 0.2) is 0 Å². The van der Waals surface area contributed by atoms with Gasteiger partial charge in [0.1, 0.15) is 30.1 Å². The van der Waals surface area contributed by atoms with Crippen LogP contribution >= 0.6 is 11.8 Å². The molecule has 4 aromatic rings. The van der Waals surface area contributed by atoms with Gasteiger partial charge in [-0.25, -0.2) is 9.37 Å². The SMILES string of the molecule is Fc1cc(C(F)(F)F)ccc1/C=C/c1nc(COc2ccc(CSCCn3ccnn3)cc2)co1. The molecule has 0 saturated carbocycles. The van der Waals surface area contributed by atoms with E-state index >= 15 is 0 Å². The minimum atomic E-state index is -4.60. The molecule has 0 N–H and O–H groups in total. The van der Waals surface area contributed by atoms with Crippen molar-refractivity contribution < 1.29 is 26.7 Å². The lowest BCUT2D eigenvalue weighted by atomic mass is 10.1. The van der Waals surface area contributed by atoms with Crippen molar-refractivity contribution >= 4 is 23.9 Å². The summed E-state index contributed by atoms with van der Waals surface area (Å²) in [4.78, 5) is 4.22. The number of nitrogens with zero attached hydrogens (tertiary/aromatic N) is 4. The van der Waals surface area contributed by atoms with Gasteiger partial charge in [0.2, 0.25) is 5.89 Å². The fraction of sp³-hybridized carbons (Fsp3) is 0.208. The zero-order chi connectivity index (χ0) is 24.7. The first kappa shape index (κ1) is 24.5. The molecule has 0 unspecified atom stereocenters. The first-order valence-electron chi connectivity index (χ1n) is 10.5. The average molecular weight is 505 g/mol. The number of rotatable bonds is 10. The lowest BCUT2D eigenvalue weighted by molar-refractivity contribution is -0.137. The summed E-state index contributed by atoms with van der Waals surface area (Å²) >= 11 is 1.80. The molecule has 0 bridgehead atoms. The maximum atomic E-state index is 13.9. The Kier molecular flexibility index (Phi) is 7.86. The smallest absolute Gasteiger partial charge is 0.416 e. The predicted octanol–water partition coefficient (Wildman–Crippen LogP) is 6.11. The molecule has 182 valence electrons. The van der Waals surface area contributed by atoms with E-state index in [1.54, 1.807) is 22.6 Å². The fourth-order valence-electron chi connectivity index (χ4n) is 3.00. The summed E-state index contributed by atoms with van der Waals surface area (Å²) in [6.07, 6.45) is 2.98. The molecule has 0 aliphatic carbocycles. The molecular formula is C24H20F4N4O2S. The Hall–Kier alpha value is -3.60. The van der Waals surface area contributed by atoms with Crippen LogP contribution in [0.15, 0.2) is 65.5 Å². The van der Waals surface area contributed by atoms with Crippen molar-refractivity contribution in [2.45, 2.75) is 25.1 Å². The van der Waals surface area contributed by atoms with E-state index in [9.17, 15) is 17.6 Å². The number of halogens is 4. The maximum absolute atomic E-state index is 13.9. The second-order valence-electron chi connectivity index (χ2n) is 7.40. The van der Waals surface area contributed by atoms with Crippen molar-refractivity contribution in [3.63, 3.8) is 0 Å². The molecule has 2 aromatic heterocycles. The lowest BCUT2D eigenvalue weighted by Gasteiger charge is -2.07. The molecule has 2 aromatic carbocycles. The van der Waals surface area contributed by atoms with Gasteiger partial charge in [-0.2, -0.15) is 24.9 Å². The molecule has 0 spiro atoms. The number of alkyl halides is 3. The summed E-state index contributed by atoms with van der Waals surface area (Å²) in [7, 11) is 0. The van der Waals surface area contributed by atoms with Crippen molar-refractivity contribution in [1.82, 2.24) is 20.0 Å². The van der Waals surface area contributed by atoms with Crippen LogP contribution in [0.4, 0.5) is 17.6 Å². The van der Waals surface area contributed by atoms with Gasteiger partial charge >= 0.3 is 6.18 Å². The van der Waals surface area contributed by atoms with Crippen LogP contribution in [0.2, 0.25) is 0 Å². The summed E-state index contributed by atoms with van der Waals surface area (Å²) in [6.45, 7) is 0.970. The van der Waals surface area contributed by atoms with E-state index in [0.717, 1.165) is 30.2 Å². The summed E-state index contributed by atoms with van der Waals surface area (Å²) < 4.78 is 64.7. The Balaban J connectivity index is 1.24. The van der Waals surface area contributed by atoms with Gasteiger partial charge in [-0.05, 0) is 35.9 Å². The highest BCUT2D eigenvalue weighted by Gasteiger charge is 2.30. The largest absolute Gasteiger partial charge is 0.487 e. The van der Waals surface area contributed by atoms with E-state index in [0.29, 0.717) is 17.5 Å². The van der Waals surface area contributed by atoms with Gasteiger partial charge in [0, 0.05) is 29.3 Å². The van der Waals surface area contributed by atoms with Gasteiger partial charge in [-0.1, -0.05) is 23.4 Å². The summed E-state index contributed by atoms with van der Waals surface area (Å²) in [6, 6.07) is 10.1. The Morgan fingerprint density at radius 3 is 2.63 bits per heavy atom. The van der Waals surface area contributed by atoms with E-state index in [2.05, 4.69) is 15.3 Å². The molecule has 0 fully saturated rings. The number of oxazole rings is 1. The van der Waals surface area contributed by atoms with Crippen LogP contribution < -0.4 is 4.74 Å². The van der Waals surface area contributed by atoms with Crippen molar-refractivity contribution in [1.29, 1.82) is 0 Å². The predicted molar refractivity (Wildman–Crippen MR) is 124 cm³/mol. The molecule has 35 heavy (non-hydrogen) atoms. The summed E-state index contributed by atoms with van der Waals surface area (Å²) in [5.74, 6) is 1.67. The highest BCUT2D eigenvalue weighted by Crippen LogP contribution is 2.30. The van der Waals surface area contributed by atoms with Crippen molar-refractivity contribution in [3.8, 4) is 5.75 Å². The van der Waals surface area contributed by atoms with Crippen molar-refractivity contribution in [2.24, 2.45) is 0 Å². The zero-order valence-corrected chi connectivity index (χ0v) is 19.1. The van der Waals surface area contributed by atoms with Gasteiger partial charge < -0.3 is 9.15 Å². The van der Waals surface area contributed by atoms with Crippen LogP contribution in [-0.2, 0) is 25.1 Å². The molecule has 0 atom stereocenters. The normalized spacial score (nSPS) is 11.9. The van der Waals surface area contributed by atoms with Gasteiger partial charge in [-0.15, -0.1) is 5.10 Å². The molecule has 0 amide bonds. The van der Waals surface area contributed by atoms with Crippen LogP contribution in [0, 0.1) is 5.82 Å². The number of hydrogen-bond donors (Lipinski definition) is 0. The number of ether oxygens (including phenoxy) is 1. The first-order valence-corrected chi connectivity index (χ1v) is 11.6. The van der Waals surface area contributed by atoms with E-state index in [1.165, 1.54) is 24.0 Å². The minimum absolute atomic E-state index is 0.00866. The van der Waals surface area contributed by atoms with Crippen LogP contribution in [0.25, 0.3) is 12.2 Å². The van der Waals surface area contributed by atoms with E-state index in [1.807, 2.05) is 30.5 Å². The third-order valence-electron chi connectivity index (χ3n) is 4.82. The molecular weight excluding hydrogens is 484 g/mol. The highest BCUT2D eigenvalue weighted by molar-refractivity contribution is 7.98. The second kappa shape index (κ2) is 11.2. The van der Waals surface area contributed by atoms with Crippen LogP contribution in [0.5, 0.6) is 5.75 Å². The summed E-state index contributed by atoms with van der Waals surface area (Å²) in [5, 5.41) is 7.70. The van der Waals surface area contributed by atoms with Gasteiger partial charge in [0.05, 0.1) is 18.3 Å². The van der Waals surface area contributed by atoms with Crippen molar-refractivity contribution in [2.75, 3.05) is 5.75 Å². The Labute approximate surface area is 202 Å². The van der Waals surface area contributed by atoms with Crippen molar-refractivity contribution in [3.05, 3.63) is 95.2 Å². The van der Waals surface area contributed by atoms with E-state index in [4.69, 9.17) is 9.15 Å². The maximum Gasteiger partial charge on any atom is 0.416 e. The second-order valence-corrected chi connectivity index (χ2v) is 8.50. The number of aromatic nitrogens is 4. The van der Waals surface area contributed by atoms with Crippen LogP contribution in [0.1, 0.15) is 28.3 Å². The monoisotopic (exact) mass is 504 g/mol. The Morgan fingerprint density at radius 2 is 1.91 bits per heavy atom. The molecule has 6 nitrogen and oxygen atoms in total. The molecule has 2 heterocycles. The lowest BCUT2D eigenvalue weighted by Crippen LogP contribution is -2.05. The Bertz CT molecular complexity index is 1260. The molecule has 0 aliphatic rings. The molecule has 0 saturated heterocycles. The molecule has 0 radical (unpaired) electrons. The summed E-state index contributed by atoms with van der Waals surface area (Å²) in [5.41, 5.74) is 0.638. The quantitative estimate of drug-likeness (QED) is 0.192. The fourth-order valence-corrected chi connectivity index (χ4v) is 3.89. The number of thioether (sulfide) groups is 1. The van der Waals surface area contributed by atoms with E-state index in [-0.39, 0.29) is 18.1 Å². The molecule has 11 heteroatoms. The standard InChI is InChI=1S/C24H20F4N4O2S/c25-22-13-19(24(26,27)28)5-3-18(22)4-8-23-30-20(15-34-23)14-33-21-6-1-17(2-7-21)16-35-12-11-32-10-9-29-31-32/h1-10,13,15H,11-12,14,16H2/b8-4+. The number of hydrogen-bond acceptors (Lipinski definition) is 6. The first-order chi connectivity index (χ1) is 16.9. The van der Waals surface area contributed by atoms with E-state index < -0.39 is 17.6 Å². The third-order valence-corrected chi connectivity index (χ3v) is 5.83. The molecule has 0 aliphatic heterocycles. The van der Waals surface area contributed by atoms with Crippen LogP contribution in [0.3, 0.4) is 0 Å². The number of aryl methyl sites for hydroxylation is 1. The minimum Gasteiger partial charge on any atom is -0.487 e. The topological polar surface area (TPSA) is 66.0 Å². The highest BCUT2D eigenvalue weighted by atomic mass is 32.2.